The van der Waals surface area contributed by atoms with Gasteiger partial charge in [-0.2, -0.15) is 0 Å². The fourth-order valence-corrected chi connectivity index (χ4v) is 3.97. The second-order valence-electron chi connectivity index (χ2n) is 9.46. The molecule has 0 radical (unpaired) electrons. The highest BCUT2D eigenvalue weighted by Gasteiger charge is 2.34. The molecule has 0 aromatic heterocycles. The lowest BCUT2D eigenvalue weighted by atomic mass is 9.96. The number of likely N-dealkylation sites (tertiary alicyclic amines) is 1. The van der Waals surface area contributed by atoms with Crippen molar-refractivity contribution in [2.24, 2.45) is 11.8 Å². The normalized spacial score (nSPS) is 20.1. The molecule has 0 aromatic carbocycles. The highest BCUT2D eigenvalue weighted by molar-refractivity contribution is 5.93. The van der Waals surface area contributed by atoms with E-state index in [0.29, 0.717) is 5.57 Å². The van der Waals surface area contributed by atoms with Gasteiger partial charge in [-0.3, -0.25) is 19.3 Å². The molecule has 3 amide bonds. The van der Waals surface area contributed by atoms with Gasteiger partial charge in [0.15, 0.2) is 0 Å². The summed E-state index contributed by atoms with van der Waals surface area (Å²) in [5, 5.41) is 3.02. The van der Waals surface area contributed by atoms with Gasteiger partial charge in [0.2, 0.25) is 17.7 Å². The van der Waals surface area contributed by atoms with Crippen molar-refractivity contribution < 1.29 is 14.4 Å². The first kappa shape index (κ1) is 26.1. The summed E-state index contributed by atoms with van der Waals surface area (Å²) in [4.78, 5) is 43.9. The van der Waals surface area contributed by atoms with Crippen LogP contribution in [0.5, 0.6) is 0 Å². The van der Waals surface area contributed by atoms with Crippen LogP contribution >= 0.6 is 0 Å². The third-order valence-corrected chi connectivity index (χ3v) is 5.95. The van der Waals surface area contributed by atoms with E-state index in [-0.39, 0.29) is 41.6 Å². The minimum Gasteiger partial charge on any atom is -0.345 e. The lowest BCUT2D eigenvalue weighted by Gasteiger charge is -2.36. The molecule has 172 valence electrons. The summed E-state index contributed by atoms with van der Waals surface area (Å²) in [6.07, 6.45) is 4.81. The highest BCUT2D eigenvalue weighted by atomic mass is 16.2. The molecule has 1 rings (SSSR count). The van der Waals surface area contributed by atoms with Gasteiger partial charge in [-0.1, -0.05) is 40.2 Å². The SMILES string of the molecule is C/C(=C\[C@H](C(C)C)N(C)C(=O)[C@@H](NC(=O)[C@H]1CCCCN1C)C(C)C)C(=O)N(C)C. The van der Waals surface area contributed by atoms with Crippen molar-refractivity contribution in [3.8, 4) is 0 Å². The van der Waals surface area contributed by atoms with E-state index in [0.717, 1.165) is 25.8 Å². The number of piperidine rings is 1. The zero-order valence-corrected chi connectivity index (χ0v) is 20.4. The Morgan fingerprint density at radius 3 is 2.10 bits per heavy atom. The van der Waals surface area contributed by atoms with Crippen molar-refractivity contribution in [3.05, 3.63) is 11.6 Å². The van der Waals surface area contributed by atoms with Crippen LogP contribution in [-0.2, 0) is 14.4 Å². The number of hydrogen-bond donors (Lipinski definition) is 1. The average molecular weight is 423 g/mol. The van der Waals surface area contributed by atoms with E-state index in [1.165, 1.54) is 4.90 Å². The zero-order chi connectivity index (χ0) is 23.2. The molecule has 7 nitrogen and oxygen atoms in total. The quantitative estimate of drug-likeness (QED) is 0.608. The Labute approximate surface area is 182 Å². The fourth-order valence-electron chi connectivity index (χ4n) is 3.97. The Bertz CT molecular complexity index is 642. The van der Waals surface area contributed by atoms with E-state index in [1.54, 1.807) is 33.0 Å². The van der Waals surface area contributed by atoms with Crippen molar-refractivity contribution in [1.29, 1.82) is 0 Å². The zero-order valence-electron chi connectivity index (χ0n) is 20.4. The number of nitrogens with one attached hydrogen (secondary N) is 1. The van der Waals surface area contributed by atoms with Crippen molar-refractivity contribution in [2.75, 3.05) is 34.7 Å². The van der Waals surface area contributed by atoms with Crippen LogP contribution < -0.4 is 5.32 Å². The van der Waals surface area contributed by atoms with Crippen molar-refractivity contribution in [1.82, 2.24) is 20.0 Å². The maximum atomic E-state index is 13.4. The standard InChI is InChI=1S/C23H42N4O3/c1-15(2)19(14-17(5)22(29)25(6)7)27(9)23(30)20(16(3)4)24-21(28)18-12-10-11-13-26(18)8/h14-16,18-20H,10-13H2,1-9H3,(H,24,28)/b17-14+/t18-,19-,20+/m1/s1. The van der Waals surface area contributed by atoms with Gasteiger partial charge in [-0.05, 0) is 45.2 Å². The summed E-state index contributed by atoms with van der Waals surface area (Å²) < 4.78 is 0. The van der Waals surface area contributed by atoms with Crippen LogP contribution in [0, 0.1) is 11.8 Å². The predicted octanol–water partition coefficient (Wildman–Crippen LogP) is 2.13. The van der Waals surface area contributed by atoms with E-state index < -0.39 is 6.04 Å². The summed E-state index contributed by atoms with van der Waals surface area (Å²) in [5.41, 5.74) is 0.604. The van der Waals surface area contributed by atoms with E-state index in [4.69, 9.17) is 0 Å². The Hall–Kier alpha value is -1.89. The van der Waals surface area contributed by atoms with Gasteiger partial charge in [-0.15, -0.1) is 0 Å². The third kappa shape index (κ3) is 6.83. The fraction of sp³-hybridized carbons (Fsp3) is 0.783. The first-order valence-corrected chi connectivity index (χ1v) is 11.1. The Morgan fingerprint density at radius 1 is 1.03 bits per heavy atom. The summed E-state index contributed by atoms with van der Waals surface area (Å²) in [6.45, 7) is 10.6. The Morgan fingerprint density at radius 2 is 1.63 bits per heavy atom. The largest absolute Gasteiger partial charge is 0.345 e. The molecule has 1 aliphatic rings. The maximum Gasteiger partial charge on any atom is 0.248 e. The first-order chi connectivity index (χ1) is 13.9. The number of rotatable bonds is 8. The second-order valence-corrected chi connectivity index (χ2v) is 9.46. The van der Waals surface area contributed by atoms with Crippen molar-refractivity contribution in [2.45, 2.75) is 72.0 Å². The summed E-state index contributed by atoms with van der Waals surface area (Å²) >= 11 is 0. The van der Waals surface area contributed by atoms with Crippen molar-refractivity contribution in [3.63, 3.8) is 0 Å². The summed E-state index contributed by atoms with van der Waals surface area (Å²) in [5.74, 6) is -0.198. The van der Waals surface area contributed by atoms with Crippen molar-refractivity contribution >= 4 is 17.7 Å². The number of nitrogens with zero attached hydrogens (tertiary/aromatic N) is 3. The van der Waals surface area contributed by atoms with Crippen LogP contribution in [0.15, 0.2) is 11.6 Å². The third-order valence-electron chi connectivity index (χ3n) is 5.95. The van der Waals surface area contributed by atoms with Crippen LogP contribution in [0.3, 0.4) is 0 Å². The second kappa shape index (κ2) is 11.5. The van der Waals surface area contributed by atoms with Crippen LogP contribution in [0.4, 0.5) is 0 Å². The summed E-state index contributed by atoms with van der Waals surface area (Å²) in [7, 11) is 7.15. The Kier molecular flexibility index (Phi) is 10.0. The molecular weight excluding hydrogens is 380 g/mol. The lowest BCUT2D eigenvalue weighted by molar-refractivity contribution is -0.139. The van der Waals surface area contributed by atoms with Crippen LogP contribution in [0.2, 0.25) is 0 Å². The molecule has 7 heteroatoms. The van der Waals surface area contributed by atoms with Gasteiger partial charge < -0.3 is 15.1 Å². The first-order valence-electron chi connectivity index (χ1n) is 11.1. The molecule has 1 aliphatic heterocycles. The molecule has 1 fully saturated rings. The molecule has 3 atom stereocenters. The molecule has 1 N–H and O–H groups in total. The molecule has 30 heavy (non-hydrogen) atoms. The maximum absolute atomic E-state index is 13.4. The summed E-state index contributed by atoms with van der Waals surface area (Å²) in [6, 6.07) is -1.02. The molecule has 1 saturated heterocycles. The van der Waals surface area contributed by atoms with E-state index in [1.807, 2.05) is 40.8 Å². The van der Waals surface area contributed by atoms with Crippen LogP contribution in [0.1, 0.15) is 53.9 Å². The van der Waals surface area contributed by atoms with E-state index in [2.05, 4.69) is 10.2 Å². The average Bonchev–Trinajstić information content (AvgIpc) is 2.67. The minimum absolute atomic E-state index is 0.0425. The smallest absolute Gasteiger partial charge is 0.248 e. The van der Waals surface area contributed by atoms with Gasteiger partial charge in [0.1, 0.15) is 6.04 Å². The van der Waals surface area contributed by atoms with Gasteiger partial charge >= 0.3 is 0 Å². The molecule has 0 unspecified atom stereocenters. The molecule has 0 bridgehead atoms. The molecule has 0 spiro atoms. The van der Waals surface area contributed by atoms with Gasteiger partial charge in [-0.25, -0.2) is 0 Å². The number of likely N-dealkylation sites (N-methyl/N-ethyl adjacent to an activating group) is 3. The molecule has 1 heterocycles. The topological polar surface area (TPSA) is 73.0 Å². The number of carbonyl (C=O) groups is 3. The Balaban J connectivity index is 3.03. The molecule has 0 aliphatic carbocycles. The highest BCUT2D eigenvalue weighted by Crippen LogP contribution is 2.19. The number of carbonyl (C=O) groups excluding carboxylic acids is 3. The number of amides is 3. The van der Waals surface area contributed by atoms with Crippen LogP contribution in [0.25, 0.3) is 0 Å². The monoisotopic (exact) mass is 422 g/mol. The molecular formula is C23H42N4O3. The predicted molar refractivity (Wildman–Crippen MR) is 121 cm³/mol. The van der Waals surface area contributed by atoms with Gasteiger partial charge in [0.05, 0.1) is 12.1 Å². The van der Waals surface area contributed by atoms with E-state index in [9.17, 15) is 14.4 Å². The number of hydrogen-bond acceptors (Lipinski definition) is 4. The molecule has 0 aromatic rings. The van der Waals surface area contributed by atoms with E-state index >= 15 is 0 Å². The van der Waals surface area contributed by atoms with Crippen LogP contribution in [-0.4, -0.2) is 85.3 Å². The lowest BCUT2D eigenvalue weighted by Crippen LogP contribution is -2.57. The van der Waals surface area contributed by atoms with Gasteiger partial charge in [0.25, 0.3) is 0 Å². The minimum atomic E-state index is -0.600. The molecule has 0 saturated carbocycles. The van der Waals surface area contributed by atoms with Gasteiger partial charge in [0, 0.05) is 26.7 Å².